The van der Waals surface area contributed by atoms with Crippen LogP contribution >= 0.6 is 11.6 Å². The van der Waals surface area contributed by atoms with E-state index in [-0.39, 0.29) is 23.8 Å². The number of ether oxygens (including phenoxy) is 1. The molecule has 0 unspecified atom stereocenters. The van der Waals surface area contributed by atoms with Crippen LogP contribution in [0.2, 0.25) is 5.02 Å². The van der Waals surface area contributed by atoms with Gasteiger partial charge in [-0.25, -0.2) is 0 Å². The maximum Gasteiger partial charge on any atom is 0.311 e. The SMILES string of the molecule is O=[N+]([O-])c1ccc(Cl)cc1OCc1ccc(O)cc1. The molecule has 0 heterocycles. The zero-order chi connectivity index (χ0) is 13.8. The molecule has 0 atom stereocenters. The summed E-state index contributed by atoms with van der Waals surface area (Å²) in [5.74, 6) is 0.267. The molecule has 98 valence electrons. The van der Waals surface area contributed by atoms with Gasteiger partial charge in [0.25, 0.3) is 0 Å². The van der Waals surface area contributed by atoms with Crippen LogP contribution in [0.5, 0.6) is 11.5 Å². The summed E-state index contributed by atoms with van der Waals surface area (Å²) in [6.45, 7) is 0.154. The molecule has 0 aliphatic rings. The van der Waals surface area contributed by atoms with Gasteiger partial charge in [-0.1, -0.05) is 23.7 Å². The minimum absolute atomic E-state index is 0.116. The molecule has 0 fully saturated rings. The summed E-state index contributed by atoms with van der Waals surface area (Å²) in [5.41, 5.74) is 0.648. The molecule has 0 saturated heterocycles. The summed E-state index contributed by atoms with van der Waals surface area (Å²) in [5, 5.41) is 20.4. The number of halogens is 1. The van der Waals surface area contributed by atoms with Crippen molar-refractivity contribution in [3.63, 3.8) is 0 Å². The molecule has 0 bridgehead atoms. The van der Waals surface area contributed by atoms with E-state index >= 15 is 0 Å². The molecule has 2 rings (SSSR count). The molecule has 0 aliphatic carbocycles. The van der Waals surface area contributed by atoms with Gasteiger partial charge in [0.05, 0.1) is 4.92 Å². The molecule has 0 radical (unpaired) electrons. The zero-order valence-electron chi connectivity index (χ0n) is 9.75. The molecule has 2 aromatic rings. The Morgan fingerprint density at radius 1 is 1.21 bits per heavy atom. The Morgan fingerprint density at radius 3 is 2.53 bits per heavy atom. The Morgan fingerprint density at radius 2 is 1.89 bits per heavy atom. The minimum atomic E-state index is -0.525. The van der Waals surface area contributed by atoms with Crippen molar-refractivity contribution in [1.82, 2.24) is 0 Å². The lowest BCUT2D eigenvalue weighted by Gasteiger charge is -2.07. The topological polar surface area (TPSA) is 72.6 Å². The van der Waals surface area contributed by atoms with Crippen molar-refractivity contribution >= 4 is 17.3 Å². The fraction of sp³-hybridized carbons (Fsp3) is 0.0769. The van der Waals surface area contributed by atoms with Gasteiger partial charge >= 0.3 is 5.69 Å². The van der Waals surface area contributed by atoms with E-state index in [4.69, 9.17) is 21.4 Å². The van der Waals surface area contributed by atoms with Crippen LogP contribution in [-0.2, 0) is 6.61 Å². The summed E-state index contributed by atoms with van der Waals surface area (Å²) in [6.07, 6.45) is 0. The second-order valence-corrected chi connectivity index (χ2v) is 4.26. The average molecular weight is 280 g/mol. The zero-order valence-corrected chi connectivity index (χ0v) is 10.5. The quantitative estimate of drug-likeness (QED) is 0.686. The van der Waals surface area contributed by atoms with Gasteiger partial charge in [-0.2, -0.15) is 0 Å². The van der Waals surface area contributed by atoms with Crippen molar-refractivity contribution in [2.45, 2.75) is 6.61 Å². The van der Waals surface area contributed by atoms with Crippen LogP contribution in [0.3, 0.4) is 0 Å². The molecule has 0 saturated carbocycles. The summed E-state index contributed by atoms with van der Waals surface area (Å²) in [6, 6.07) is 10.5. The van der Waals surface area contributed by atoms with Gasteiger partial charge in [0.2, 0.25) is 0 Å². The van der Waals surface area contributed by atoms with Gasteiger partial charge in [-0.3, -0.25) is 10.1 Å². The molecule has 5 nitrogen and oxygen atoms in total. The first kappa shape index (κ1) is 13.2. The number of hydrogen-bond donors (Lipinski definition) is 1. The Kier molecular flexibility index (Phi) is 3.87. The lowest BCUT2D eigenvalue weighted by Crippen LogP contribution is -1.99. The molecular weight excluding hydrogens is 270 g/mol. The number of hydrogen-bond acceptors (Lipinski definition) is 4. The Balaban J connectivity index is 2.16. The van der Waals surface area contributed by atoms with E-state index in [0.29, 0.717) is 5.02 Å². The summed E-state index contributed by atoms with van der Waals surface area (Å²) < 4.78 is 5.40. The van der Waals surface area contributed by atoms with E-state index in [1.165, 1.54) is 30.3 Å². The van der Waals surface area contributed by atoms with Crippen LogP contribution in [0.15, 0.2) is 42.5 Å². The number of nitrogens with zero attached hydrogens (tertiary/aromatic N) is 1. The largest absolute Gasteiger partial charge is 0.508 e. The fourth-order valence-electron chi connectivity index (χ4n) is 1.51. The molecule has 19 heavy (non-hydrogen) atoms. The van der Waals surface area contributed by atoms with Crippen LogP contribution in [0.25, 0.3) is 0 Å². The van der Waals surface area contributed by atoms with Gasteiger partial charge in [0.1, 0.15) is 12.4 Å². The number of aromatic hydroxyl groups is 1. The lowest BCUT2D eigenvalue weighted by molar-refractivity contribution is -0.385. The third-order valence-corrected chi connectivity index (χ3v) is 2.68. The smallest absolute Gasteiger partial charge is 0.311 e. The number of benzene rings is 2. The van der Waals surface area contributed by atoms with Gasteiger partial charge < -0.3 is 9.84 Å². The molecule has 0 aromatic heterocycles. The maximum absolute atomic E-state index is 10.8. The molecule has 0 amide bonds. The molecule has 1 N–H and O–H groups in total. The Bertz CT molecular complexity index is 598. The van der Waals surface area contributed by atoms with Crippen molar-refractivity contribution in [3.05, 3.63) is 63.2 Å². The Labute approximate surface area is 114 Å². The molecule has 2 aromatic carbocycles. The number of nitro benzene ring substituents is 1. The molecule has 0 spiro atoms. The standard InChI is InChI=1S/C13H10ClNO4/c14-10-3-6-12(15(17)18)13(7-10)19-8-9-1-4-11(16)5-2-9/h1-7,16H,8H2. The van der Waals surface area contributed by atoms with E-state index in [1.54, 1.807) is 12.1 Å². The number of phenols is 1. The van der Waals surface area contributed by atoms with Crippen molar-refractivity contribution in [2.75, 3.05) is 0 Å². The van der Waals surface area contributed by atoms with Crippen LogP contribution in [-0.4, -0.2) is 10.0 Å². The average Bonchev–Trinajstić information content (AvgIpc) is 2.38. The maximum atomic E-state index is 10.8. The Hall–Kier alpha value is -2.27. The first-order chi connectivity index (χ1) is 9.06. The van der Waals surface area contributed by atoms with Gasteiger partial charge in [-0.05, 0) is 23.8 Å². The fourth-order valence-corrected chi connectivity index (χ4v) is 1.67. The third kappa shape index (κ3) is 3.35. The predicted octanol–water partition coefficient (Wildman–Crippen LogP) is 3.53. The van der Waals surface area contributed by atoms with Gasteiger partial charge in [0, 0.05) is 17.2 Å². The number of rotatable bonds is 4. The molecule has 0 aliphatic heterocycles. The normalized spacial score (nSPS) is 10.2. The van der Waals surface area contributed by atoms with Crippen molar-refractivity contribution < 1.29 is 14.8 Å². The highest BCUT2D eigenvalue weighted by atomic mass is 35.5. The van der Waals surface area contributed by atoms with E-state index < -0.39 is 4.92 Å². The van der Waals surface area contributed by atoms with Crippen LogP contribution < -0.4 is 4.74 Å². The van der Waals surface area contributed by atoms with E-state index in [9.17, 15) is 10.1 Å². The second kappa shape index (κ2) is 5.58. The van der Waals surface area contributed by atoms with E-state index in [0.717, 1.165) is 5.56 Å². The molecular formula is C13H10ClNO4. The monoisotopic (exact) mass is 279 g/mol. The summed E-state index contributed by atoms with van der Waals surface area (Å²) in [7, 11) is 0. The van der Waals surface area contributed by atoms with Crippen LogP contribution in [0.4, 0.5) is 5.69 Å². The van der Waals surface area contributed by atoms with Crippen molar-refractivity contribution in [3.8, 4) is 11.5 Å². The van der Waals surface area contributed by atoms with E-state index in [1.807, 2.05) is 0 Å². The first-order valence-electron chi connectivity index (χ1n) is 5.41. The highest BCUT2D eigenvalue weighted by molar-refractivity contribution is 6.30. The van der Waals surface area contributed by atoms with Crippen LogP contribution in [0.1, 0.15) is 5.56 Å². The van der Waals surface area contributed by atoms with Gasteiger partial charge in [0.15, 0.2) is 5.75 Å². The van der Waals surface area contributed by atoms with E-state index in [2.05, 4.69) is 0 Å². The summed E-state index contributed by atoms with van der Waals surface area (Å²) >= 11 is 5.79. The second-order valence-electron chi connectivity index (χ2n) is 3.82. The third-order valence-electron chi connectivity index (χ3n) is 2.45. The number of phenolic OH excluding ortho intramolecular Hbond substituents is 1. The highest BCUT2D eigenvalue weighted by Gasteiger charge is 2.15. The summed E-state index contributed by atoms with van der Waals surface area (Å²) in [4.78, 5) is 10.3. The van der Waals surface area contributed by atoms with Crippen molar-refractivity contribution in [1.29, 1.82) is 0 Å². The minimum Gasteiger partial charge on any atom is -0.508 e. The highest BCUT2D eigenvalue weighted by Crippen LogP contribution is 2.30. The first-order valence-corrected chi connectivity index (χ1v) is 5.79. The lowest BCUT2D eigenvalue weighted by atomic mass is 10.2. The molecule has 6 heteroatoms. The predicted molar refractivity (Wildman–Crippen MR) is 70.5 cm³/mol. The van der Waals surface area contributed by atoms with Crippen LogP contribution in [0, 0.1) is 10.1 Å². The number of nitro groups is 1. The van der Waals surface area contributed by atoms with Gasteiger partial charge in [-0.15, -0.1) is 0 Å². The van der Waals surface area contributed by atoms with Crippen molar-refractivity contribution in [2.24, 2.45) is 0 Å².